The number of halogens is 1. The van der Waals surface area contributed by atoms with Gasteiger partial charge in [0.25, 0.3) is 5.91 Å². The molecule has 146 valence electrons. The highest BCUT2D eigenvalue weighted by molar-refractivity contribution is 5.97. The van der Waals surface area contributed by atoms with Gasteiger partial charge in [-0.15, -0.1) is 0 Å². The van der Waals surface area contributed by atoms with Crippen LogP contribution in [-0.2, 0) is 24.8 Å². The summed E-state index contributed by atoms with van der Waals surface area (Å²) in [7, 11) is 3.39. The van der Waals surface area contributed by atoms with Crippen LogP contribution in [-0.4, -0.2) is 33.5 Å². The summed E-state index contributed by atoms with van der Waals surface area (Å²) in [6.45, 7) is 2.14. The first-order chi connectivity index (χ1) is 13.3. The van der Waals surface area contributed by atoms with Crippen LogP contribution in [0.25, 0.3) is 0 Å². The fourth-order valence-corrected chi connectivity index (χ4v) is 2.93. The largest absolute Gasteiger partial charge is 0.472 e. The van der Waals surface area contributed by atoms with Gasteiger partial charge in [0.1, 0.15) is 5.82 Å². The van der Waals surface area contributed by atoms with E-state index in [2.05, 4.69) is 10.4 Å². The second-order valence-corrected chi connectivity index (χ2v) is 6.66. The Kier molecular flexibility index (Phi) is 5.58. The smallest absolute Gasteiger partial charge is 0.254 e. The van der Waals surface area contributed by atoms with E-state index in [0.717, 1.165) is 22.9 Å². The van der Waals surface area contributed by atoms with Crippen molar-refractivity contribution in [3.05, 3.63) is 71.2 Å². The van der Waals surface area contributed by atoms with E-state index in [9.17, 15) is 14.0 Å². The average Bonchev–Trinajstić information content (AvgIpc) is 3.23. The first kappa shape index (κ1) is 19.3. The van der Waals surface area contributed by atoms with Crippen LogP contribution in [0.2, 0.25) is 0 Å². The molecule has 8 heteroatoms. The maximum atomic E-state index is 14.0. The van der Waals surface area contributed by atoms with Gasteiger partial charge in [0.15, 0.2) is 0 Å². The van der Waals surface area contributed by atoms with E-state index in [1.165, 1.54) is 23.3 Å². The number of rotatable bonds is 6. The molecule has 0 atom stereocenters. The summed E-state index contributed by atoms with van der Waals surface area (Å²) in [5.41, 5.74) is 2.75. The number of anilines is 1. The van der Waals surface area contributed by atoms with E-state index >= 15 is 0 Å². The Morgan fingerprint density at radius 1 is 1.32 bits per heavy atom. The zero-order valence-corrected chi connectivity index (χ0v) is 15.9. The first-order valence-corrected chi connectivity index (χ1v) is 8.68. The Balaban J connectivity index is 1.70. The summed E-state index contributed by atoms with van der Waals surface area (Å²) in [6.07, 6.45) is 4.94. The monoisotopic (exact) mass is 384 g/mol. The summed E-state index contributed by atoms with van der Waals surface area (Å²) in [5, 5.41) is 6.84. The van der Waals surface area contributed by atoms with Gasteiger partial charge in [-0.1, -0.05) is 0 Å². The van der Waals surface area contributed by atoms with Crippen LogP contribution in [0.5, 0.6) is 0 Å². The minimum atomic E-state index is -0.601. The summed E-state index contributed by atoms with van der Waals surface area (Å²) < 4.78 is 20.6. The van der Waals surface area contributed by atoms with Crippen molar-refractivity contribution in [1.82, 2.24) is 14.7 Å². The predicted octanol–water partition coefficient (Wildman–Crippen LogP) is 2.91. The second-order valence-electron chi connectivity index (χ2n) is 6.66. The highest BCUT2D eigenvalue weighted by atomic mass is 19.1. The summed E-state index contributed by atoms with van der Waals surface area (Å²) in [6, 6.07) is 5.54. The fraction of sp³-hybridized carbons (Fsp3) is 0.250. The molecule has 1 N–H and O–H groups in total. The summed E-state index contributed by atoms with van der Waals surface area (Å²) >= 11 is 0. The van der Waals surface area contributed by atoms with Gasteiger partial charge in [-0.2, -0.15) is 5.10 Å². The van der Waals surface area contributed by atoms with Gasteiger partial charge in [0.2, 0.25) is 5.91 Å². The molecule has 3 rings (SSSR count). The average molecular weight is 384 g/mol. The van der Waals surface area contributed by atoms with E-state index in [1.807, 2.05) is 6.92 Å². The van der Waals surface area contributed by atoms with Gasteiger partial charge in [-0.3, -0.25) is 14.3 Å². The lowest BCUT2D eigenvalue weighted by atomic mass is 10.1. The van der Waals surface area contributed by atoms with Crippen LogP contribution in [0.1, 0.15) is 27.2 Å². The maximum absolute atomic E-state index is 14.0. The van der Waals surface area contributed by atoms with Gasteiger partial charge in [0, 0.05) is 49.2 Å². The molecule has 1 aromatic carbocycles. The number of aryl methyl sites for hydroxylation is 2. The Morgan fingerprint density at radius 3 is 2.75 bits per heavy atom. The van der Waals surface area contributed by atoms with Crippen LogP contribution < -0.4 is 5.32 Å². The molecule has 0 radical (unpaired) electrons. The van der Waals surface area contributed by atoms with Crippen molar-refractivity contribution in [3.63, 3.8) is 0 Å². The lowest BCUT2D eigenvalue weighted by molar-refractivity contribution is -0.115. The molecule has 2 heterocycles. The Hall–Kier alpha value is -3.42. The summed E-state index contributed by atoms with van der Waals surface area (Å²) in [5.74, 6) is -1.28. The molecule has 3 aromatic rings. The van der Waals surface area contributed by atoms with Crippen molar-refractivity contribution in [2.45, 2.75) is 19.9 Å². The number of hydrogen-bond acceptors (Lipinski definition) is 4. The maximum Gasteiger partial charge on any atom is 0.254 e. The first-order valence-electron chi connectivity index (χ1n) is 8.68. The number of nitrogens with one attached hydrogen (secondary N) is 1. The molecule has 0 unspecified atom stereocenters. The van der Waals surface area contributed by atoms with Crippen LogP contribution in [0, 0.1) is 12.7 Å². The second kappa shape index (κ2) is 8.08. The molecule has 0 aliphatic carbocycles. The van der Waals surface area contributed by atoms with Gasteiger partial charge >= 0.3 is 0 Å². The number of furan rings is 1. The lowest BCUT2D eigenvalue weighted by Crippen LogP contribution is -2.26. The Morgan fingerprint density at radius 2 is 2.11 bits per heavy atom. The zero-order chi connectivity index (χ0) is 20.3. The summed E-state index contributed by atoms with van der Waals surface area (Å²) in [4.78, 5) is 26.4. The van der Waals surface area contributed by atoms with Crippen molar-refractivity contribution >= 4 is 17.5 Å². The highest BCUT2D eigenvalue weighted by Crippen LogP contribution is 2.17. The molecule has 0 saturated carbocycles. The third kappa shape index (κ3) is 4.64. The highest BCUT2D eigenvalue weighted by Gasteiger charge is 2.16. The lowest BCUT2D eigenvalue weighted by Gasteiger charge is -2.17. The number of hydrogen-bond donors (Lipinski definition) is 1. The van der Waals surface area contributed by atoms with Crippen molar-refractivity contribution < 1.29 is 18.4 Å². The van der Waals surface area contributed by atoms with Gasteiger partial charge in [0.05, 0.1) is 24.6 Å². The van der Waals surface area contributed by atoms with Gasteiger partial charge in [-0.05, 0) is 31.2 Å². The third-order valence-electron chi connectivity index (χ3n) is 4.24. The molecule has 2 aromatic heterocycles. The van der Waals surface area contributed by atoms with Crippen LogP contribution in [0.4, 0.5) is 10.1 Å². The SMILES string of the molecule is Cc1nn(C)cc1CC(=O)Nc1cc(F)cc(C(=O)N(C)Cc2ccoc2)c1. The fourth-order valence-electron chi connectivity index (χ4n) is 2.93. The van der Waals surface area contributed by atoms with E-state index in [4.69, 9.17) is 4.42 Å². The molecular formula is C20H21FN4O3. The molecule has 28 heavy (non-hydrogen) atoms. The molecule has 0 fully saturated rings. The van der Waals surface area contributed by atoms with E-state index in [0.29, 0.717) is 6.54 Å². The normalized spacial score (nSPS) is 10.7. The standard InChI is InChI=1S/C20H21FN4O3/c1-13-16(11-25(3)23-13)8-19(26)22-18-7-15(6-17(21)9-18)20(27)24(2)10-14-4-5-28-12-14/h4-7,9,11-12H,8,10H2,1-3H3,(H,22,26). The van der Waals surface area contributed by atoms with Crippen molar-refractivity contribution in [1.29, 1.82) is 0 Å². The third-order valence-corrected chi connectivity index (χ3v) is 4.24. The molecule has 2 amide bonds. The zero-order valence-electron chi connectivity index (χ0n) is 15.9. The van der Waals surface area contributed by atoms with E-state index in [-0.39, 0.29) is 29.5 Å². The Bertz CT molecular complexity index is 995. The van der Waals surface area contributed by atoms with Crippen LogP contribution in [0.3, 0.4) is 0 Å². The van der Waals surface area contributed by atoms with E-state index in [1.54, 1.807) is 37.3 Å². The van der Waals surface area contributed by atoms with Crippen LogP contribution in [0.15, 0.2) is 47.4 Å². The number of nitrogens with zero attached hydrogens (tertiary/aromatic N) is 3. The topological polar surface area (TPSA) is 80.4 Å². The van der Waals surface area contributed by atoms with Gasteiger partial charge in [-0.25, -0.2) is 4.39 Å². The number of benzene rings is 1. The Labute approximate surface area is 161 Å². The molecule has 0 bridgehead atoms. The quantitative estimate of drug-likeness (QED) is 0.709. The number of carbonyl (C=O) groups is 2. The minimum Gasteiger partial charge on any atom is -0.472 e. The number of aromatic nitrogens is 2. The molecule has 0 aliphatic rings. The van der Waals surface area contributed by atoms with Gasteiger partial charge < -0.3 is 14.6 Å². The van der Waals surface area contributed by atoms with Crippen molar-refractivity contribution in [2.24, 2.45) is 7.05 Å². The van der Waals surface area contributed by atoms with Crippen molar-refractivity contribution in [2.75, 3.05) is 12.4 Å². The molecular weight excluding hydrogens is 363 g/mol. The van der Waals surface area contributed by atoms with E-state index < -0.39 is 5.82 Å². The number of carbonyl (C=O) groups excluding carboxylic acids is 2. The van der Waals surface area contributed by atoms with Crippen molar-refractivity contribution in [3.8, 4) is 0 Å². The molecule has 0 spiro atoms. The molecule has 7 nitrogen and oxygen atoms in total. The number of amides is 2. The predicted molar refractivity (Wildman–Crippen MR) is 101 cm³/mol. The molecule has 0 aliphatic heterocycles. The minimum absolute atomic E-state index is 0.111. The van der Waals surface area contributed by atoms with Crippen LogP contribution >= 0.6 is 0 Å². The molecule has 0 saturated heterocycles.